The first-order chi connectivity index (χ1) is 19.4. The average molecular weight is 542 g/mol. The fourth-order valence-electron chi connectivity index (χ4n) is 5.64. The number of hydrogen-bond acceptors (Lipinski definition) is 7. The molecule has 2 aliphatic heterocycles. The second-order valence-electron chi connectivity index (χ2n) is 10.2. The number of hydrogen-bond donors (Lipinski definition) is 1. The van der Waals surface area contributed by atoms with Gasteiger partial charge in [-0.3, -0.25) is 4.79 Å². The summed E-state index contributed by atoms with van der Waals surface area (Å²) in [5, 5.41) is 4.00. The number of pyridine rings is 1. The number of aromatic nitrogens is 2. The molecule has 2 aromatic carbocycles. The van der Waals surface area contributed by atoms with Crippen molar-refractivity contribution < 1.29 is 23.1 Å². The normalized spacial score (nSPS) is 14.7. The van der Waals surface area contributed by atoms with Crippen LogP contribution in [0.5, 0.6) is 5.75 Å². The first-order valence-corrected chi connectivity index (χ1v) is 13.2. The van der Waals surface area contributed by atoms with Gasteiger partial charge in [0, 0.05) is 62.3 Å². The van der Waals surface area contributed by atoms with Gasteiger partial charge < -0.3 is 33.6 Å². The van der Waals surface area contributed by atoms with Crippen LogP contribution in [0.25, 0.3) is 44.5 Å². The number of amides is 1. The number of nitrogens with one attached hydrogen (secondary N) is 1. The van der Waals surface area contributed by atoms with E-state index in [9.17, 15) is 9.18 Å². The number of morpholine rings is 1. The molecule has 5 heterocycles. The molecule has 0 atom stereocenters. The van der Waals surface area contributed by atoms with Crippen LogP contribution < -0.4 is 19.9 Å². The van der Waals surface area contributed by atoms with Crippen LogP contribution in [-0.4, -0.2) is 62.9 Å². The highest BCUT2D eigenvalue weighted by atomic mass is 19.1. The van der Waals surface area contributed by atoms with Crippen LogP contribution in [0.15, 0.2) is 52.9 Å². The van der Waals surface area contributed by atoms with Gasteiger partial charge in [0.1, 0.15) is 28.4 Å². The second-order valence-corrected chi connectivity index (χ2v) is 10.2. The summed E-state index contributed by atoms with van der Waals surface area (Å²) in [6.45, 7) is 2.69. The first-order valence-electron chi connectivity index (χ1n) is 13.2. The summed E-state index contributed by atoms with van der Waals surface area (Å²) in [5.74, 6) is 0.672. The Balaban J connectivity index is 1.43. The summed E-state index contributed by atoms with van der Waals surface area (Å²) < 4.78 is 34.4. The zero-order valence-corrected chi connectivity index (χ0v) is 22.5. The molecular formula is C30H28FN5O4. The van der Waals surface area contributed by atoms with E-state index < -0.39 is 0 Å². The standard InChI is InChI=1S/C30H28FN5O4/c1-32-29(37)27-19-13-18(23(34(2)3)15-26(19)40-30(27)35-9-11-38-12-10-35)21-7-8-25-28(33-21)24-14-17-20(31)5-4-6-22(17)36(24)16-39-25/h4-8,13-15H,9-12,16H2,1-3H3,(H,32,37). The number of furan rings is 1. The topological polar surface area (TPSA) is 85.0 Å². The van der Waals surface area contributed by atoms with Crippen LogP contribution in [0.1, 0.15) is 10.4 Å². The Hall–Kier alpha value is -4.57. The van der Waals surface area contributed by atoms with Crippen molar-refractivity contribution in [2.24, 2.45) is 0 Å². The zero-order chi connectivity index (χ0) is 27.5. The number of nitrogens with zero attached hydrogens (tertiary/aromatic N) is 4. The Morgan fingerprint density at radius 1 is 1.07 bits per heavy atom. The highest BCUT2D eigenvalue weighted by Gasteiger charge is 2.28. The summed E-state index contributed by atoms with van der Waals surface area (Å²) in [5.41, 5.74) is 5.70. The van der Waals surface area contributed by atoms with Gasteiger partial charge in [0.25, 0.3) is 5.91 Å². The zero-order valence-electron chi connectivity index (χ0n) is 22.5. The van der Waals surface area contributed by atoms with E-state index in [-0.39, 0.29) is 18.5 Å². The fraction of sp³-hybridized carbons (Fsp3) is 0.267. The third kappa shape index (κ3) is 3.70. The monoisotopic (exact) mass is 541 g/mol. The number of halogens is 1. The van der Waals surface area contributed by atoms with Crippen LogP contribution in [0.2, 0.25) is 0 Å². The number of rotatable bonds is 4. The van der Waals surface area contributed by atoms with E-state index in [0.717, 1.165) is 22.5 Å². The summed E-state index contributed by atoms with van der Waals surface area (Å²) in [4.78, 5) is 22.2. The number of carbonyl (C=O) groups excluding carboxylic acids is 1. The molecule has 1 saturated heterocycles. The summed E-state index contributed by atoms with van der Waals surface area (Å²) in [6, 6.07) is 14.6. The molecule has 10 heteroatoms. The molecule has 1 amide bonds. The maximum Gasteiger partial charge on any atom is 0.257 e. The van der Waals surface area contributed by atoms with Crippen molar-refractivity contribution in [1.29, 1.82) is 0 Å². The Morgan fingerprint density at radius 2 is 1.90 bits per heavy atom. The van der Waals surface area contributed by atoms with Crippen molar-refractivity contribution in [3.8, 4) is 28.4 Å². The molecule has 0 aliphatic carbocycles. The van der Waals surface area contributed by atoms with Gasteiger partial charge in [0.15, 0.2) is 6.73 Å². The van der Waals surface area contributed by atoms with Gasteiger partial charge >= 0.3 is 0 Å². The van der Waals surface area contributed by atoms with Gasteiger partial charge in [0.2, 0.25) is 5.88 Å². The Kier molecular flexibility index (Phi) is 5.67. The van der Waals surface area contributed by atoms with Gasteiger partial charge in [-0.2, -0.15) is 0 Å². The first kappa shape index (κ1) is 24.5. The number of anilines is 2. The Bertz CT molecular complexity index is 1800. The maximum atomic E-state index is 14.6. The highest BCUT2D eigenvalue weighted by Crippen LogP contribution is 2.43. The van der Waals surface area contributed by atoms with Crippen molar-refractivity contribution in [2.45, 2.75) is 6.73 Å². The van der Waals surface area contributed by atoms with Gasteiger partial charge in [-0.25, -0.2) is 9.37 Å². The molecule has 0 saturated carbocycles. The van der Waals surface area contributed by atoms with Crippen LogP contribution in [0, 0.1) is 5.82 Å². The minimum absolute atomic E-state index is 0.220. The number of fused-ring (bicyclic) bond motifs is 6. The molecule has 9 nitrogen and oxygen atoms in total. The molecule has 204 valence electrons. The van der Waals surface area contributed by atoms with Crippen LogP contribution in [0.3, 0.4) is 0 Å². The lowest BCUT2D eigenvalue weighted by Crippen LogP contribution is -2.37. The molecule has 0 spiro atoms. The SMILES string of the molecule is CNC(=O)c1c(N2CCOCC2)oc2cc(N(C)C)c(-c3ccc4c(n3)-c3cc5c(F)cccc5n3CO4)cc12. The quantitative estimate of drug-likeness (QED) is 0.348. The van der Waals surface area contributed by atoms with Crippen LogP contribution in [-0.2, 0) is 11.5 Å². The molecule has 5 aromatic rings. The molecule has 2 aliphatic rings. The van der Waals surface area contributed by atoms with Gasteiger partial charge in [-0.15, -0.1) is 0 Å². The predicted molar refractivity (Wildman–Crippen MR) is 152 cm³/mol. The second kappa shape index (κ2) is 9.27. The van der Waals surface area contributed by atoms with E-state index in [4.69, 9.17) is 18.9 Å². The molecule has 0 bridgehead atoms. The van der Waals surface area contributed by atoms with Crippen LogP contribution in [0.4, 0.5) is 16.0 Å². The molecule has 40 heavy (non-hydrogen) atoms. The molecule has 7 rings (SSSR count). The van der Waals surface area contributed by atoms with E-state index in [1.54, 1.807) is 13.1 Å². The van der Waals surface area contributed by atoms with E-state index >= 15 is 0 Å². The summed E-state index contributed by atoms with van der Waals surface area (Å²) >= 11 is 0. The molecule has 3 aromatic heterocycles. The van der Waals surface area contributed by atoms with E-state index in [2.05, 4.69) is 10.2 Å². The third-order valence-corrected chi connectivity index (χ3v) is 7.64. The Morgan fingerprint density at radius 3 is 2.67 bits per heavy atom. The molecule has 0 unspecified atom stereocenters. The minimum atomic E-state index is -0.282. The third-order valence-electron chi connectivity index (χ3n) is 7.64. The minimum Gasteiger partial charge on any atom is -0.470 e. The van der Waals surface area contributed by atoms with E-state index in [1.807, 2.05) is 60.0 Å². The predicted octanol–water partition coefficient (Wildman–Crippen LogP) is 4.87. The maximum absolute atomic E-state index is 14.6. The smallest absolute Gasteiger partial charge is 0.257 e. The fourth-order valence-corrected chi connectivity index (χ4v) is 5.64. The van der Waals surface area contributed by atoms with Crippen molar-refractivity contribution in [3.05, 3.63) is 59.9 Å². The van der Waals surface area contributed by atoms with E-state index in [1.165, 1.54) is 6.07 Å². The van der Waals surface area contributed by atoms with Crippen molar-refractivity contribution >= 4 is 39.4 Å². The lowest BCUT2D eigenvalue weighted by Gasteiger charge is -2.27. The van der Waals surface area contributed by atoms with Gasteiger partial charge in [-0.1, -0.05) is 6.07 Å². The summed E-state index contributed by atoms with van der Waals surface area (Å²) in [6.07, 6.45) is 0. The van der Waals surface area contributed by atoms with Crippen LogP contribution >= 0.6 is 0 Å². The largest absolute Gasteiger partial charge is 0.470 e. The highest BCUT2D eigenvalue weighted by molar-refractivity contribution is 6.12. The number of ether oxygens (including phenoxy) is 2. The Labute approximate surface area is 229 Å². The van der Waals surface area contributed by atoms with Gasteiger partial charge in [0.05, 0.1) is 30.1 Å². The van der Waals surface area contributed by atoms with Gasteiger partial charge in [-0.05, 0) is 36.4 Å². The van der Waals surface area contributed by atoms with E-state index in [0.29, 0.717) is 71.2 Å². The molecule has 1 fully saturated rings. The number of benzene rings is 2. The van der Waals surface area contributed by atoms with Crippen molar-refractivity contribution in [1.82, 2.24) is 14.9 Å². The average Bonchev–Trinajstić information content (AvgIpc) is 3.56. The molecule has 0 radical (unpaired) electrons. The van der Waals surface area contributed by atoms with Crippen molar-refractivity contribution in [3.63, 3.8) is 0 Å². The molecular weight excluding hydrogens is 513 g/mol. The molecule has 1 N–H and O–H groups in total. The lowest BCUT2D eigenvalue weighted by molar-refractivity contribution is 0.0961. The van der Waals surface area contributed by atoms with Crippen molar-refractivity contribution in [2.75, 3.05) is 57.2 Å². The summed E-state index contributed by atoms with van der Waals surface area (Å²) in [7, 11) is 5.53. The lowest BCUT2D eigenvalue weighted by atomic mass is 10.0. The number of carbonyl (C=O) groups is 1.